The largest absolute Gasteiger partial charge is 0.384 e. The van der Waals surface area contributed by atoms with Gasteiger partial charge in [-0.3, -0.25) is 4.79 Å². The summed E-state index contributed by atoms with van der Waals surface area (Å²) in [6.45, 7) is -0.295. The number of anilines is 1. The van der Waals surface area contributed by atoms with E-state index < -0.39 is 5.82 Å². The number of rotatable bonds is 2. The Labute approximate surface area is 123 Å². The molecule has 0 heterocycles. The van der Waals surface area contributed by atoms with Crippen molar-refractivity contribution in [2.24, 2.45) is 17.8 Å². The molecule has 110 valence electrons. The molecule has 2 atom stereocenters. The van der Waals surface area contributed by atoms with Gasteiger partial charge in [0.2, 0.25) is 5.91 Å². The summed E-state index contributed by atoms with van der Waals surface area (Å²) in [4.78, 5) is 12.3. The van der Waals surface area contributed by atoms with Crippen molar-refractivity contribution in [2.45, 2.75) is 25.7 Å². The second-order valence-electron chi connectivity index (χ2n) is 5.78. The number of hydrogen-bond acceptors (Lipinski definition) is 2. The van der Waals surface area contributed by atoms with E-state index in [2.05, 4.69) is 17.2 Å². The first-order valence-electron chi connectivity index (χ1n) is 7.41. The van der Waals surface area contributed by atoms with Gasteiger partial charge in [-0.05, 0) is 42.9 Å². The Morgan fingerprint density at radius 1 is 1.33 bits per heavy atom. The van der Waals surface area contributed by atoms with Crippen LogP contribution in [0.5, 0.6) is 0 Å². The number of hydrogen-bond donors (Lipinski definition) is 2. The summed E-state index contributed by atoms with van der Waals surface area (Å²) < 4.78 is 13.3. The fraction of sp³-hybridized carbons (Fsp3) is 0.471. The zero-order valence-electron chi connectivity index (χ0n) is 11.7. The van der Waals surface area contributed by atoms with E-state index in [-0.39, 0.29) is 18.4 Å². The summed E-state index contributed by atoms with van der Waals surface area (Å²) in [6, 6.07) is 4.11. The molecule has 0 saturated heterocycles. The van der Waals surface area contributed by atoms with Crippen LogP contribution in [0.3, 0.4) is 0 Å². The maximum atomic E-state index is 13.3. The molecule has 1 amide bonds. The van der Waals surface area contributed by atoms with E-state index in [4.69, 9.17) is 5.11 Å². The second kappa shape index (κ2) is 5.87. The first-order chi connectivity index (χ1) is 10.2. The van der Waals surface area contributed by atoms with Crippen LogP contribution in [0.4, 0.5) is 10.1 Å². The van der Waals surface area contributed by atoms with Crippen LogP contribution in [0.25, 0.3) is 0 Å². The Kier molecular flexibility index (Phi) is 3.94. The van der Waals surface area contributed by atoms with Crippen LogP contribution >= 0.6 is 0 Å². The fourth-order valence-electron chi connectivity index (χ4n) is 3.46. The molecule has 2 saturated carbocycles. The SMILES string of the molecule is O=C(Nc1ccc(F)cc1C#CCO)C1C2CCCCC21. The Balaban J connectivity index is 1.74. The molecular weight excluding hydrogens is 269 g/mol. The number of amides is 1. The first-order valence-corrected chi connectivity index (χ1v) is 7.41. The smallest absolute Gasteiger partial charge is 0.228 e. The highest BCUT2D eigenvalue weighted by molar-refractivity contribution is 5.96. The van der Waals surface area contributed by atoms with Gasteiger partial charge in [0.05, 0.1) is 11.3 Å². The molecule has 2 aliphatic rings. The molecule has 1 aromatic carbocycles. The topological polar surface area (TPSA) is 49.3 Å². The van der Waals surface area contributed by atoms with E-state index in [0.717, 1.165) is 12.8 Å². The number of aliphatic hydroxyl groups is 1. The van der Waals surface area contributed by atoms with Gasteiger partial charge in [0, 0.05) is 5.92 Å². The highest BCUT2D eigenvalue weighted by Gasteiger charge is 2.54. The molecule has 1 aromatic rings. The number of fused-ring (bicyclic) bond motifs is 1. The summed E-state index contributed by atoms with van der Waals surface area (Å²) in [6.07, 6.45) is 4.72. The van der Waals surface area contributed by atoms with Crippen molar-refractivity contribution < 1.29 is 14.3 Å². The van der Waals surface area contributed by atoms with Crippen LogP contribution in [-0.4, -0.2) is 17.6 Å². The third kappa shape index (κ3) is 2.93. The quantitative estimate of drug-likeness (QED) is 0.821. The average Bonchev–Trinajstić information content (AvgIpc) is 3.22. The van der Waals surface area contributed by atoms with Gasteiger partial charge < -0.3 is 10.4 Å². The Morgan fingerprint density at radius 3 is 2.71 bits per heavy atom. The van der Waals surface area contributed by atoms with Crippen LogP contribution in [0.1, 0.15) is 31.2 Å². The summed E-state index contributed by atoms with van der Waals surface area (Å²) in [5, 5.41) is 11.6. The monoisotopic (exact) mass is 287 g/mol. The van der Waals surface area contributed by atoms with Crippen molar-refractivity contribution in [2.75, 3.05) is 11.9 Å². The zero-order valence-corrected chi connectivity index (χ0v) is 11.7. The molecule has 0 spiro atoms. The molecular formula is C17H18FNO2. The predicted molar refractivity (Wildman–Crippen MR) is 77.9 cm³/mol. The fourth-order valence-corrected chi connectivity index (χ4v) is 3.46. The normalized spacial score (nSPS) is 26.3. The lowest BCUT2D eigenvalue weighted by Gasteiger charge is -2.07. The van der Waals surface area contributed by atoms with E-state index >= 15 is 0 Å². The van der Waals surface area contributed by atoms with Crippen LogP contribution in [0.2, 0.25) is 0 Å². The van der Waals surface area contributed by atoms with Gasteiger partial charge in [0.15, 0.2) is 0 Å². The Bertz CT molecular complexity index is 605. The van der Waals surface area contributed by atoms with Crippen molar-refractivity contribution >= 4 is 11.6 Å². The summed E-state index contributed by atoms with van der Waals surface area (Å²) in [7, 11) is 0. The molecule has 0 bridgehead atoms. The summed E-state index contributed by atoms with van der Waals surface area (Å²) in [5.41, 5.74) is 0.923. The first kappa shape index (κ1) is 14.1. The molecule has 0 radical (unpaired) electrons. The standard InChI is InChI=1S/C17H18FNO2/c18-12-7-8-15(11(10-12)4-3-9-20)19-17(21)16-13-5-1-2-6-14(13)16/h7-8,10,13-14,16,20H,1-2,5-6,9H2,(H,19,21). The van der Waals surface area contributed by atoms with Crippen LogP contribution < -0.4 is 5.32 Å². The zero-order chi connectivity index (χ0) is 14.8. The number of benzene rings is 1. The van der Waals surface area contributed by atoms with Crippen molar-refractivity contribution in [1.29, 1.82) is 0 Å². The van der Waals surface area contributed by atoms with Gasteiger partial charge in [-0.15, -0.1) is 0 Å². The number of carbonyl (C=O) groups excluding carboxylic acids is 1. The Morgan fingerprint density at radius 2 is 2.05 bits per heavy atom. The molecule has 3 nitrogen and oxygen atoms in total. The molecule has 2 aliphatic carbocycles. The van der Waals surface area contributed by atoms with Crippen molar-refractivity contribution in [3.63, 3.8) is 0 Å². The van der Waals surface area contributed by atoms with Gasteiger partial charge in [0.25, 0.3) is 0 Å². The van der Waals surface area contributed by atoms with E-state index in [1.165, 1.54) is 31.0 Å². The lowest BCUT2D eigenvalue weighted by molar-refractivity contribution is -0.117. The summed E-state index contributed by atoms with van der Waals surface area (Å²) in [5.74, 6) is 5.95. The van der Waals surface area contributed by atoms with Crippen molar-refractivity contribution in [1.82, 2.24) is 0 Å². The number of halogens is 1. The minimum absolute atomic E-state index is 0.0190. The second-order valence-corrected chi connectivity index (χ2v) is 5.78. The van der Waals surface area contributed by atoms with Gasteiger partial charge >= 0.3 is 0 Å². The van der Waals surface area contributed by atoms with Crippen LogP contribution in [-0.2, 0) is 4.79 Å². The molecule has 2 unspecified atom stereocenters. The average molecular weight is 287 g/mol. The van der Waals surface area contributed by atoms with Gasteiger partial charge in [0.1, 0.15) is 12.4 Å². The van der Waals surface area contributed by atoms with Gasteiger partial charge in [-0.2, -0.15) is 0 Å². The number of nitrogens with one attached hydrogen (secondary N) is 1. The lowest BCUT2D eigenvalue weighted by atomic mass is 10.0. The highest BCUT2D eigenvalue weighted by atomic mass is 19.1. The molecule has 0 aromatic heterocycles. The number of carbonyl (C=O) groups is 1. The molecule has 3 rings (SSSR count). The van der Waals surface area contributed by atoms with E-state index in [1.54, 1.807) is 0 Å². The van der Waals surface area contributed by atoms with Crippen molar-refractivity contribution in [3.8, 4) is 11.8 Å². The number of aliphatic hydroxyl groups excluding tert-OH is 1. The third-order valence-corrected chi connectivity index (χ3v) is 4.50. The van der Waals surface area contributed by atoms with E-state index in [9.17, 15) is 9.18 Å². The van der Waals surface area contributed by atoms with E-state index in [0.29, 0.717) is 23.1 Å². The lowest BCUT2D eigenvalue weighted by Crippen LogP contribution is -2.16. The van der Waals surface area contributed by atoms with Crippen LogP contribution in [0, 0.1) is 35.4 Å². The maximum Gasteiger partial charge on any atom is 0.228 e. The van der Waals surface area contributed by atoms with E-state index in [1.807, 2.05) is 0 Å². The van der Waals surface area contributed by atoms with Gasteiger partial charge in [-0.1, -0.05) is 24.7 Å². The molecule has 4 heteroatoms. The summed E-state index contributed by atoms with van der Waals surface area (Å²) >= 11 is 0. The predicted octanol–water partition coefficient (Wildman–Crippen LogP) is 2.54. The van der Waals surface area contributed by atoms with Crippen molar-refractivity contribution in [3.05, 3.63) is 29.6 Å². The minimum atomic E-state index is -0.407. The highest BCUT2D eigenvalue weighted by Crippen LogP contribution is 2.55. The Hall–Kier alpha value is -1.86. The molecule has 2 N–H and O–H groups in total. The minimum Gasteiger partial charge on any atom is -0.384 e. The van der Waals surface area contributed by atoms with Gasteiger partial charge in [-0.25, -0.2) is 4.39 Å². The molecule has 2 fully saturated rings. The van der Waals surface area contributed by atoms with Crippen LogP contribution in [0.15, 0.2) is 18.2 Å². The molecule has 21 heavy (non-hydrogen) atoms. The third-order valence-electron chi connectivity index (χ3n) is 4.50. The maximum absolute atomic E-state index is 13.3. The molecule has 0 aliphatic heterocycles.